The largest absolute Gasteiger partial charge is 0.381 e. The molecule has 182 valence electrons. The summed E-state index contributed by atoms with van der Waals surface area (Å²) in [5.74, 6) is -3.05. The van der Waals surface area contributed by atoms with Gasteiger partial charge in [0.25, 0.3) is 5.92 Å². The molecule has 34 heavy (non-hydrogen) atoms. The number of halogens is 3. The molecule has 1 saturated carbocycles. The highest BCUT2D eigenvalue weighted by Gasteiger charge is 2.47. The number of urea groups is 1. The van der Waals surface area contributed by atoms with Crippen molar-refractivity contribution in [1.29, 1.82) is 0 Å². The van der Waals surface area contributed by atoms with Crippen molar-refractivity contribution in [1.82, 2.24) is 9.88 Å². The van der Waals surface area contributed by atoms with E-state index in [1.165, 1.54) is 17.2 Å². The first-order valence-corrected chi connectivity index (χ1v) is 11.7. The van der Waals surface area contributed by atoms with Crippen LogP contribution < -0.4 is 10.2 Å². The summed E-state index contributed by atoms with van der Waals surface area (Å²) in [5.41, 5.74) is 1.09. The van der Waals surface area contributed by atoms with Crippen LogP contribution in [0.4, 0.5) is 29.5 Å². The Morgan fingerprint density at radius 1 is 1.09 bits per heavy atom. The number of alkyl halides is 2. The van der Waals surface area contributed by atoms with Crippen molar-refractivity contribution in [2.24, 2.45) is 5.41 Å². The van der Waals surface area contributed by atoms with Crippen molar-refractivity contribution >= 4 is 17.5 Å². The third kappa shape index (κ3) is 4.33. The highest BCUT2D eigenvalue weighted by Crippen LogP contribution is 2.45. The minimum atomic E-state index is -2.83. The molecule has 5 rings (SSSR count). The Hall–Kier alpha value is -2.81. The normalized spacial score (nSPS) is 21.5. The topological polar surface area (TPSA) is 57.7 Å². The fraction of sp³-hybridized carbons (Fsp3) is 0.520. The molecule has 0 radical (unpaired) electrons. The van der Waals surface area contributed by atoms with E-state index in [0.717, 1.165) is 25.7 Å². The molecule has 0 atom stereocenters. The quantitative estimate of drug-likeness (QED) is 0.666. The van der Waals surface area contributed by atoms with Gasteiger partial charge in [0.05, 0.1) is 18.3 Å². The Labute approximate surface area is 197 Å². The van der Waals surface area contributed by atoms with Crippen LogP contribution in [0.15, 0.2) is 36.5 Å². The van der Waals surface area contributed by atoms with Crippen molar-refractivity contribution in [2.75, 3.05) is 43.5 Å². The number of ether oxygens (including phenoxy) is 1. The van der Waals surface area contributed by atoms with Crippen molar-refractivity contribution in [3.63, 3.8) is 0 Å². The van der Waals surface area contributed by atoms with E-state index < -0.39 is 18.3 Å². The zero-order valence-corrected chi connectivity index (χ0v) is 19.2. The number of carbonyl (C=O) groups is 1. The monoisotopic (exact) mass is 474 g/mol. The van der Waals surface area contributed by atoms with Crippen LogP contribution in [0.1, 0.15) is 32.1 Å². The number of aromatic nitrogens is 1. The molecular formula is C25H29F3N4O2. The summed E-state index contributed by atoms with van der Waals surface area (Å²) in [6.07, 6.45) is 5.46. The van der Waals surface area contributed by atoms with E-state index in [-0.39, 0.29) is 47.6 Å². The molecule has 1 aromatic carbocycles. The highest BCUT2D eigenvalue weighted by atomic mass is 19.3. The van der Waals surface area contributed by atoms with E-state index in [1.807, 2.05) is 0 Å². The molecular weight excluding hydrogens is 445 g/mol. The smallest absolute Gasteiger partial charge is 0.322 e. The van der Waals surface area contributed by atoms with E-state index >= 15 is 0 Å². The number of amides is 2. The summed E-state index contributed by atoms with van der Waals surface area (Å²) in [4.78, 5) is 20.7. The standard InChI is InChI=1S/C25H29F3N4O2/c1-34-17-6-9-24(10-7-17)14-32(15-24)23(33)30-21-19(18-4-2-3-5-20(18)26)8-12-29-22(21)31-13-11-25(27,28)16-31/h2-5,8,12,17H,6-7,9-11,13-16H2,1H3,(H,30,33). The van der Waals surface area contributed by atoms with Gasteiger partial charge in [-0.05, 0) is 37.8 Å². The van der Waals surface area contributed by atoms with Crippen LogP contribution in [0.25, 0.3) is 11.1 Å². The number of nitrogens with zero attached hydrogens (tertiary/aromatic N) is 3. The Morgan fingerprint density at radius 2 is 1.82 bits per heavy atom. The zero-order chi connectivity index (χ0) is 23.9. The van der Waals surface area contributed by atoms with Gasteiger partial charge < -0.3 is 19.9 Å². The molecule has 2 amide bonds. The van der Waals surface area contributed by atoms with E-state index in [4.69, 9.17) is 4.74 Å². The second kappa shape index (κ2) is 8.76. The number of anilines is 2. The number of benzene rings is 1. The molecule has 1 aromatic heterocycles. The lowest BCUT2D eigenvalue weighted by atomic mass is 9.68. The van der Waals surface area contributed by atoms with Gasteiger partial charge in [-0.1, -0.05) is 18.2 Å². The van der Waals surface area contributed by atoms with E-state index in [0.29, 0.717) is 18.7 Å². The lowest BCUT2D eigenvalue weighted by molar-refractivity contribution is -0.0399. The van der Waals surface area contributed by atoms with Gasteiger partial charge in [0.1, 0.15) is 5.82 Å². The Bertz CT molecular complexity index is 1060. The van der Waals surface area contributed by atoms with Crippen molar-refractivity contribution in [2.45, 2.75) is 44.1 Å². The van der Waals surface area contributed by atoms with Gasteiger partial charge in [-0.3, -0.25) is 0 Å². The maximum Gasteiger partial charge on any atom is 0.322 e. The average molecular weight is 475 g/mol. The number of hydrogen-bond acceptors (Lipinski definition) is 4. The van der Waals surface area contributed by atoms with Gasteiger partial charge in [0.2, 0.25) is 0 Å². The summed E-state index contributed by atoms with van der Waals surface area (Å²) < 4.78 is 48.1. The number of carbonyl (C=O) groups excluding carboxylic acids is 1. The molecule has 3 aliphatic rings. The number of likely N-dealkylation sites (tertiary alicyclic amines) is 1. The SMILES string of the molecule is COC1CCC2(CC1)CN(C(=O)Nc1c(-c3ccccc3F)ccnc1N1CCC(F)(F)C1)C2. The molecule has 1 aliphatic carbocycles. The summed E-state index contributed by atoms with van der Waals surface area (Å²) >= 11 is 0. The molecule has 3 fully saturated rings. The number of rotatable bonds is 4. The van der Waals surface area contributed by atoms with Crippen LogP contribution >= 0.6 is 0 Å². The second-order valence-corrected chi connectivity index (χ2v) is 9.79. The lowest BCUT2D eigenvalue weighted by Crippen LogP contribution is -2.60. The lowest BCUT2D eigenvalue weighted by Gasteiger charge is -2.53. The minimum Gasteiger partial charge on any atom is -0.381 e. The number of hydrogen-bond donors (Lipinski definition) is 1. The molecule has 3 heterocycles. The maximum absolute atomic E-state index is 14.7. The summed E-state index contributed by atoms with van der Waals surface area (Å²) in [5, 5.41) is 2.90. The molecule has 0 unspecified atom stereocenters. The van der Waals surface area contributed by atoms with Gasteiger partial charge in [0.15, 0.2) is 5.82 Å². The molecule has 6 nitrogen and oxygen atoms in total. The molecule has 2 saturated heterocycles. The first kappa shape index (κ1) is 23.0. The van der Waals surface area contributed by atoms with Gasteiger partial charge in [-0.25, -0.2) is 22.9 Å². The van der Waals surface area contributed by atoms with Gasteiger partial charge in [-0.15, -0.1) is 0 Å². The van der Waals surface area contributed by atoms with Crippen LogP contribution in [0.3, 0.4) is 0 Å². The summed E-state index contributed by atoms with van der Waals surface area (Å²) in [6.45, 7) is 0.900. The predicted octanol–water partition coefficient (Wildman–Crippen LogP) is 5.16. The van der Waals surface area contributed by atoms with Crippen LogP contribution in [-0.4, -0.2) is 61.2 Å². The van der Waals surface area contributed by atoms with E-state index in [2.05, 4.69) is 10.3 Å². The fourth-order valence-electron chi connectivity index (χ4n) is 5.48. The molecule has 2 aromatic rings. The Kier molecular flexibility index (Phi) is 5.91. The molecule has 1 N–H and O–H groups in total. The summed E-state index contributed by atoms with van der Waals surface area (Å²) in [7, 11) is 1.73. The number of pyridine rings is 1. The third-order valence-corrected chi connectivity index (χ3v) is 7.46. The number of nitrogens with one attached hydrogen (secondary N) is 1. The first-order valence-electron chi connectivity index (χ1n) is 11.7. The van der Waals surface area contributed by atoms with Gasteiger partial charge in [-0.2, -0.15) is 0 Å². The van der Waals surface area contributed by atoms with Crippen molar-refractivity contribution < 1.29 is 22.7 Å². The van der Waals surface area contributed by atoms with Crippen LogP contribution in [0, 0.1) is 11.2 Å². The highest BCUT2D eigenvalue weighted by molar-refractivity contribution is 5.99. The van der Waals surface area contributed by atoms with Crippen LogP contribution in [0.5, 0.6) is 0 Å². The first-order chi connectivity index (χ1) is 16.3. The second-order valence-electron chi connectivity index (χ2n) is 9.79. The van der Waals surface area contributed by atoms with Crippen molar-refractivity contribution in [3.8, 4) is 11.1 Å². The van der Waals surface area contributed by atoms with Gasteiger partial charge in [0, 0.05) is 55.9 Å². The van der Waals surface area contributed by atoms with Crippen LogP contribution in [0.2, 0.25) is 0 Å². The van der Waals surface area contributed by atoms with Crippen LogP contribution in [-0.2, 0) is 4.74 Å². The average Bonchev–Trinajstić information content (AvgIpc) is 3.17. The molecule has 0 bridgehead atoms. The Morgan fingerprint density at radius 3 is 2.47 bits per heavy atom. The Balaban J connectivity index is 1.40. The van der Waals surface area contributed by atoms with Gasteiger partial charge >= 0.3 is 6.03 Å². The van der Waals surface area contributed by atoms with E-state index in [9.17, 15) is 18.0 Å². The molecule has 2 aliphatic heterocycles. The zero-order valence-electron chi connectivity index (χ0n) is 19.2. The third-order valence-electron chi connectivity index (χ3n) is 7.46. The van der Waals surface area contributed by atoms with Crippen molar-refractivity contribution in [3.05, 3.63) is 42.3 Å². The van der Waals surface area contributed by atoms with E-state index in [1.54, 1.807) is 36.3 Å². The minimum absolute atomic E-state index is 0.108. The number of methoxy groups -OCH3 is 1. The molecule has 9 heteroatoms. The molecule has 1 spiro atoms. The maximum atomic E-state index is 14.7. The predicted molar refractivity (Wildman–Crippen MR) is 124 cm³/mol. The summed E-state index contributed by atoms with van der Waals surface area (Å²) in [6, 6.07) is 7.50. The fourth-order valence-corrected chi connectivity index (χ4v) is 5.48.